The summed E-state index contributed by atoms with van der Waals surface area (Å²) in [6, 6.07) is 2.06. The molecule has 2 aromatic heterocycles. The molecule has 0 radical (unpaired) electrons. The molecule has 0 unspecified atom stereocenters. The van der Waals surface area contributed by atoms with E-state index in [9.17, 15) is 14.4 Å². The Morgan fingerprint density at radius 2 is 1.81 bits per heavy atom. The van der Waals surface area contributed by atoms with E-state index in [-0.39, 0.29) is 24.4 Å². The number of carbonyl (C=O) groups excluding carboxylic acids is 3. The Morgan fingerprint density at radius 3 is 2.50 bits per heavy atom. The summed E-state index contributed by atoms with van der Waals surface area (Å²) in [6.07, 6.45) is 8.36. The van der Waals surface area contributed by atoms with Crippen LogP contribution >= 0.6 is 0 Å². The number of nitrogens with one attached hydrogen (secondary N) is 5. The number of anilines is 2. The number of carbonyl (C=O) groups is 3. The summed E-state index contributed by atoms with van der Waals surface area (Å²) in [6.45, 7) is 0.603. The Bertz CT molecular complexity index is 1180. The van der Waals surface area contributed by atoms with Crippen LogP contribution in [0.5, 0.6) is 0 Å². The summed E-state index contributed by atoms with van der Waals surface area (Å²) in [5.74, 6) is 1.02. The van der Waals surface area contributed by atoms with E-state index in [0.717, 1.165) is 44.3 Å². The number of aromatic nitrogens is 3. The van der Waals surface area contributed by atoms with Gasteiger partial charge in [0.05, 0.1) is 12.8 Å². The molecule has 36 heavy (non-hydrogen) atoms. The maximum atomic E-state index is 12.0. The van der Waals surface area contributed by atoms with Gasteiger partial charge >= 0.3 is 12.1 Å². The Hall–Kier alpha value is -3.87. The second-order valence-electron chi connectivity index (χ2n) is 9.21. The molecule has 0 aromatic carbocycles. The van der Waals surface area contributed by atoms with Crippen LogP contribution in [0.25, 0.3) is 11.7 Å². The number of urea groups is 1. The molecule has 0 atom stereocenters. The fourth-order valence-electron chi connectivity index (χ4n) is 4.35. The number of hydrogen-bond donors (Lipinski definition) is 5. The van der Waals surface area contributed by atoms with E-state index in [1.54, 1.807) is 23.9 Å². The van der Waals surface area contributed by atoms with Gasteiger partial charge < -0.3 is 30.7 Å². The highest BCUT2D eigenvalue weighted by atomic mass is 16.6. The van der Waals surface area contributed by atoms with Gasteiger partial charge in [-0.05, 0) is 44.6 Å². The van der Waals surface area contributed by atoms with E-state index in [0.29, 0.717) is 29.7 Å². The molecule has 3 fully saturated rings. The van der Waals surface area contributed by atoms with Crippen molar-refractivity contribution in [1.82, 2.24) is 30.5 Å². The number of amides is 4. The van der Waals surface area contributed by atoms with Gasteiger partial charge in [-0.1, -0.05) is 0 Å². The molecule has 5 rings (SSSR count). The van der Waals surface area contributed by atoms with Crippen molar-refractivity contribution in [2.45, 2.75) is 56.7 Å². The molecule has 3 aliphatic rings. The van der Waals surface area contributed by atoms with E-state index < -0.39 is 18.0 Å². The average Bonchev–Trinajstić information content (AvgIpc) is 3.49. The highest BCUT2D eigenvalue weighted by Crippen LogP contribution is 2.29. The second-order valence-corrected chi connectivity index (χ2v) is 9.21. The van der Waals surface area contributed by atoms with Gasteiger partial charge in [-0.2, -0.15) is 9.61 Å². The third-order valence-electron chi connectivity index (χ3n) is 6.37. The van der Waals surface area contributed by atoms with E-state index in [4.69, 9.17) is 14.5 Å². The minimum atomic E-state index is -0.553. The molecule has 4 amide bonds. The lowest BCUT2D eigenvalue weighted by molar-refractivity contribution is -0.115. The zero-order chi connectivity index (χ0) is 25.1. The van der Waals surface area contributed by atoms with Crippen LogP contribution in [0.1, 0.15) is 44.1 Å². The van der Waals surface area contributed by atoms with Crippen molar-refractivity contribution in [1.29, 1.82) is 0 Å². The molecule has 5 N–H and O–H groups in total. The van der Waals surface area contributed by atoms with Gasteiger partial charge in [-0.3, -0.25) is 10.1 Å². The van der Waals surface area contributed by atoms with E-state index >= 15 is 0 Å². The van der Waals surface area contributed by atoms with E-state index in [1.165, 1.54) is 0 Å². The second kappa shape index (κ2) is 10.4. The van der Waals surface area contributed by atoms with Crippen LogP contribution in [0, 0.1) is 0 Å². The molecule has 13 nitrogen and oxygen atoms in total. The van der Waals surface area contributed by atoms with E-state index in [2.05, 4.69) is 31.7 Å². The molecule has 2 aliphatic carbocycles. The minimum Gasteiger partial charge on any atom is -0.447 e. The van der Waals surface area contributed by atoms with Gasteiger partial charge in [0.2, 0.25) is 0 Å². The summed E-state index contributed by atoms with van der Waals surface area (Å²) in [7, 11) is 1.56. The number of alkyl carbamates (subject to hydrolysis) is 1. The van der Waals surface area contributed by atoms with Crippen molar-refractivity contribution < 1.29 is 23.9 Å². The van der Waals surface area contributed by atoms with Gasteiger partial charge in [-0.15, -0.1) is 0 Å². The lowest BCUT2D eigenvalue weighted by atomic mass is 9.91. The maximum absolute atomic E-state index is 12.0. The highest BCUT2D eigenvalue weighted by Gasteiger charge is 2.27. The summed E-state index contributed by atoms with van der Waals surface area (Å²) in [5, 5.41) is 19.1. The van der Waals surface area contributed by atoms with Crippen molar-refractivity contribution in [3.63, 3.8) is 0 Å². The van der Waals surface area contributed by atoms with Crippen LogP contribution in [0.2, 0.25) is 0 Å². The summed E-state index contributed by atoms with van der Waals surface area (Å²) >= 11 is 0. The Labute approximate surface area is 207 Å². The molecule has 192 valence electrons. The quantitative estimate of drug-likeness (QED) is 0.196. The molecule has 0 spiro atoms. The first-order valence-corrected chi connectivity index (χ1v) is 12.2. The van der Waals surface area contributed by atoms with Gasteiger partial charge in [0.1, 0.15) is 23.9 Å². The molecular formula is C23H30N8O5. The van der Waals surface area contributed by atoms with Crippen LogP contribution in [-0.2, 0) is 14.3 Å². The fraction of sp³-hybridized carbons (Fsp3) is 0.522. The zero-order valence-corrected chi connectivity index (χ0v) is 20.0. The molecule has 1 aliphatic heterocycles. The first kappa shape index (κ1) is 23.9. The first-order chi connectivity index (χ1) is 17.5. The molecule has 2 saturated carbocycles. The summed E-state index contributed by atoms with van der Waals surface area (Å²) in [5.41, 5.74) is 1.34. The molecular weight excluding hydrogens is 468 g/mol. The van der Waals surface area contributed by atoms with Gasteiger partial charge in [0.15, 0.2) is 5.65 Å². The summed E-state index contributed by atoms with van der Waals surface area (Å²) < 4.78 is 11.7. The van der Waals surface area contributed by atoms with Crippen LogP contribution < -0.4 is 26.6 Å². The molecule has 3 heterocycles. The fourth-order valence-corrected chi connectivity index (χ4v) is 4.35. The van der Waals surface area contributed by atoms with Gasteiger partial charge in [0.25, 0.3) is 5.91 Å². The monoisotopic (exact) mass is 498 g/mol. The predicted molar refractivity (Wildman–Crippen MR) is 130 cm³/mol. The van der Waals surface area contributed by atoms with Crippen molar-refractivity contribution in [3.05, 3.63) is 23.5 Å². The Morgan fingerprint density at radius 1 is 1.08 bits per heavy atom. The van der Waals surface area contributed by atoms with Crippen molar-refractivity contribution in [3.8, 4) is 0 Å². The third-order valence-corrected chi connectivity index (χ3v) is 6.37. The van der Waals surface area contributed by atoms with Crippen molar-refractivity contribution >= 4 is 41.4 Å². The number of rotatable bonds is 9. The van der Waals surface area contributed by atoms with Crippen LogP contribution in [0.4, 0.5) is 21.2 Å². The number of methoxy groups -OCH3 is 1. The van der Waals surface area contributed by atoms with Crippen LogP contribution in [0.3, 0.4) is 0 Å². The topological polar surface area (TPSA) is 160 Å². The first-order valence-electron chi connectivity index (χ1n) is 12.2. The predicted octanol–water partition coefficient (Wildman–Crippen LogP) is 1.58. The smallest absolute Gasteiger partial charge is 0.407 e. The third kappa shape index (κ3) is 5.67. The van der Waals surface area contributed by atoms with Crippen molar-refractivity contribution in [2.24, 2.45) is 0 Å². The number of nitrogens with zero attached hydrogens (tertiary/aromatic N) is 3. The van der Waals surface area contributed by atoms with Crippen molar-refractivity contribution in [2.75, 3.05) is 31.0 Å². The molecule has 0 bridgehead atoms. The molecule has 1 saturated heterocycles. The van der Waals surface area contributed by atoms with Crippen LogP contribution in [0.15, 0.2) is 18.0 Å². The lowest BCUT2D eigenvalue weighted by Crippen LogP contribution is -2.40. The number of imide groups is 1. The normalized spacial score (nSPS) is 22.9. The highest BCUT2D eigenvalue weighted by molar-refractivity contribution is 6.14. The maximum Gasteiger partial charge on any atom is 0.407 e. The zero-order valence-electron chi connectivity index (χ0n) is 20.0. The summed E-state index contributed by atoms with van der Waals surface area (Å²) in [4.78, 5) is 40.1. The largest absolute Gasteiger partial charge is 0.447 e. The minimum absolute atomic E-state index is 0.0708. The number of ether oxygens (including phenoxy) is 2. The average molecular weight is 499 g/mol. The lowest BCUT2D eigenvalue weighted by Gasteiger charge is -2.29. The molecule has 2 aromatic rings. The van der Waals surface area contributed by atoms with Crippen LogP contribution in [-0.4, -0.2) is 71.1 Å². The number of hydrogen-bond acceptors (Lipinski definition) is 9. The Balaban J connectivity index is 1.28. The standard InChI is InChI=1S/C23H30N8O5/c1-35-8-9-36-23(34)27-16-6-2-14(3-7-16)25-18-11-19(26-15-4-5-15)31-20(29-18)13(12-24-31)10-17-21(32)30-22(33)28-17/h10-12,14-16,26H,2-9H2,1H3,(H,25,29)(H,27,34)(H2,28,30,32,33)/b17-10-/t14-,16-. The van der Waals surface area contributed by atoms with Gasteiger partial charge in [-0.25, -0.2) is 14.6 Å². The SMILES string of the molecule is COCCOC(=O)N[C@H]1CC[C@H](Nc2cc(NC3CC3)n3ncc(/C=C4\NC(=O)NC4=O)c3n2)CC1. The molecule has 13 heteroatoms. The number of fused-ring (bicyclic) bond motifs is 1. The van der Waals surface area contributed by atoms with Gasteiger partial charge in [0, 0.05) is 36.9 Å². The Kier molecular flexibility index (Phi) is 6.89. The van der Waals surface area contributed by atoms with E-state index in [1.807, 2.05) is 6.07 Å².